The summed E-state index contributed by atoms with van der Waals surface area (Å²) in [5, 5.41) is 3.34. The van der Waals surface area contributed by atoms with Crippen LogP contribution >= 0.6 is 0 Å². The summed E-state index contributed by atoms with van der Waals surface area (Å²) in [5.41, 5.74) is 0.744. The Morgan fingerprint density at radius 1 is 1.35 bits per heavy atom. The Kier molecular flexibility index (Phi) is 6.55. The Bertz CT molecular complexity index is 500. The molecule has 1 N–H and O–H groups in total. The lowest BCUT2D eigenvalue weighted by Gasteiger charge is -2.20. The Morgan fingerprint density at radius 3 is 2.55 bits per heavy atom. The fourth-order valence-electron chi connectivity index (χ4n) is 1.96. The molecule has 1 atom stereocenters. The monoisotopic (exact) mass is 302 g/mol. The highest BCUT2D eigenvalue weighted by Gasteiger charge is 2.16. The van der Waals surface area contributed by atoms with Crippen LogP contribution in [0, 0.1) is 5.82 Å². The van der Waals surface area contributed by atoms with Gasteiger partial charge in [0.15, 0.2) is 0 Å². The molecule has 6 heteroatoms. The molecular weight excluding hydrogens is 279 g/mol. The van der Waals surface area contributed by atoms with Crippen molar-refractivity contribution in [3.05, 3.63) is 29.8 Å². The van der Waals surface area contributed by atoms with Crippen molar-refractivity contribution in [3.8, 4) is 0 Å². The van der Waals surface area contributed by atoms with Crippen molar-refractivity contribution in [2.75, 3.05) is 11.5 Å². The third-order valence-corrected chi connectivity index (χ3v) is 4.82. The first-order chi connectivity index (χ1) is 9.34. The fourth-order valence-corrected chi connectivity index (χ4v) is 2.86. The highest BCUT2D eigenvalue weighted by atomic mass is 32.2. The normalized spacial score (nSPS) is 13.7. The van der Waals surface area contributed by atoms with Crippen LogP contribution in [-0.4, -0.2) is 30.9 Å². The number of hydrogen-bond donors (Lipinski definition) is 1. The summed E-state index contributed by atoms with van der Waals surface area (Å²) in [6, 6.07) is 3.21. The molecule has 4 nitrogen and oxygen atoms in total. The summed E-state index contributed by atoms with van der Waals surface area (Å²) in [6.07, 6.45) is 2.42. The largest absolute Gasteiger partial charge is 0.306 e. The summed E-state index contributed by atoms with van der Waals surface area (Å²) in [6.45, 7) is 5.68. The zero-order valence-corrected chi connectivity index (χ0v) is 13.1. The highest BCUT2D eigenvalue weighted by molar-refractivity contribution is 7.91. The number of nitrogens with one attached hydrogen (secondary N) is 1. The molecule has 0 saturated heterocycles. The van der Waals surface area contributed by atoms with E-state index >= 15 is 0 Å². The topological polar surface area (TPSA) is 59.1 Å². The number of aromatic nitrogens is 1. The molecule has 1 heterocycles. The second kappa shape index (κ2) is 7.69. The molecule has 1 aromatic heterocycles. The Balaban J connectivity index is 2.68. The number of rotatable bonds is 8. The van der Waals surface area contributed by atoms with Gasteiger partial charge in [-0.25, -0.2) is 12.8 Å². The average molecular weight is 302 g/mol. The lowest BCUT2D eigenvalue weighted by molar-refractivity contribution is 0.438. The maximum atomic E-state index is 12.9. The van der Waals surface area contributed by atoms with Gasteiger partial charge in [0.05, 0.1) is 17.6 Å². The molecule has 0 radical (unpaired) electrons. The van der Waals surface area contributed by atoms with Gasteiger partial charge in [0.2, 0.25) is 0 Å². The molecule has 114 valence electrons. The van der Waals surface area contributed by atoms with E-state index in [-0.39, 0.29) is 29.4 Å². The molecule has 1 rings (SSSR count). The number of nitrogens with zero attached hydrogens (tertiary/aromatic N) is 1. The van der Waals surface area contributed by atoms with Crippen LogP contribution in [0.4, 0.5) is 4.39 Å². The van der Waals surface area contributed by atoms with Gasteiger partial charge in [0.1, 0.15) is 15.7 Å². The Hall–Kier alpha value is -1.01. The maximum Gasteiger partial charge on any atom is 0.150 e. The molecule has 20 heavy (non-hydrogen) atoms. The van der Waals surface area contributed by atoms with E-state index in [0.29, 0.717) is 12.8 Å². The lowest BCUT2D eigenvalue weighted by Crippen LogP contribution is -2.29. The first-order valence-electron chi connectivity index (χ1n) is 6.92. The zero-order chi connectivity index (χ0) is 15.2. The van der Waals surface area contributed by atoms with Gasteiger partial charge in [-0.1, -0.05) is 20.8 Å². The summed E-state index contributed by atoms with van der Waals surface area (Å²) in [4.78, 5) is 4.08. The second-order valence-corrected chi connectivity index (χ2v) is 7.63. The van der Waals surface area contributed by atoms with Crippen molar-refractivity contribution in [2.45, 2.75) is 45.7 Å². The SMILES string of the molecule is CCS(=O)(=O)CCCC(NC(C)C)c1ccc(F)cn1. The number of halogens is 1. The third kappa shape index (κ3) is 5.96. The summed E-state index contributed by atoms with van der Waals surface area (Å²) in [5.74, 6) is -0.0176. The van der Waals surface area contributed by atoms with E-state index in [9.17, 15) is 12.8 Å². The standard InChI is InChI=1S/C14H23FN2O2S/c1-4-20(18,19)9-5-6-14(17-11(2)3)13-8-7-12(15)10-16-13/h7-8,10-11,14,17H,4-6,9H2,1-3H3. The van der Waals surface area contributed by atoms with Crippen molar-refractivity contribution in [3.63, 3.8) is 0 Å². The smallest absolute Gasteiger partial charge is 0.150 e. The predicted molar refractivity (Wildman–Crippen MR) is 78.8 cm³/mol. The first kappa shape index (κ1) is 17.0. The fraction of sp³-hybridized carbons (Fsp3) is 0.643. The van der Waals surface area contributed by atoms with Gasteiger partial charge in [-0.15, -0.1) is 0 Å². The van der Waals surface area contributed by atoms with Crippen molar-refractivity contribution in [2.24, 2.45) is 0 Å². The van der Waals surface area contributed by atoms with Gasteiger partial charge >= 0.3 is 0 Å². The first-order valence-corrected chi connectivity index (χ1v) is 8.74. The quantitative estimate of drug-likeness (QED) is 0.801. The van der Waals surface area contributed by atoms with Gasteiger partial charge in [-0.3, -0.25) is 4.98 Å². The van der Waals surface area contributed by atoms with E-state index in [0.717, 1.165) is 5.69 Å². The molecule has 0 fully saturated rings. The molecule has 0 aliphatic heterocycles. The van der Waals surface area contributed by atoms with E-state index < -0.39 is 9.84 Å². The molecule has 0 amide bonds. The van der Waals surface area contributed by atoms with Crippen molar-refractivity contribution in [1.82, 2.24) is 10.3 Å². The third-order valence-electron chi connectivity index (χ3n) is 3.03. The van der Waals surface area contributed by atoms with Gasteiger partial charge in [0, 0.05) is 17.8 Å². The molecule has 0 bridgehead atoms. The van der Waals surface area contributed by atoms with E-state index in [2.05, 4.69) is 10.3 Å². The highest BCUT2D eigenvalue weighted by Crippen LogP contribution is 2.18. The lowest BCUT2D eigenvalue weighted by atomic mass is 10.1. The molecule has 0 spiro atoms. The van der Waals surface area contributed by atoms with E-state index in [4.69, 9.17) is 0 Å². The number of pyridine rings is 1. The summed E-state index contributed by atoms with van der Waals surface area (Å²) >= 11 is 0. The molecule has 1 aromatic rings. The van der Waals surface area contributed by atoms with Crippen molar-refractivity contribution >= 4 is 9.84 Å². The molecule has 1 unspecified atom stereocenters. The van der Waals surface area contributed by atoms with Crippen LogP contribution in [0.3, 0.4) is 0 Å². The minimum atomic E-state index is -2.94. The minimum absolute atomic E-state index is 0.0531. The van der Waals surface area contributed by atoms with Crippen LogP contribution in [0.15, 0.2) is 18.3 Å². The predicted octanol–water partition coefficient (Wildman–Crippen LogP) is 2.47. The Labute approximate surface area is 120 Å². The molecule has 0 aliphatic carbocycles. The maximum absolute atomic E-state index is 12.9. The minimum Gasteiger partial charge on any atom is -0.306 e. The summed E-state index contributed by atoms with van der Waals surface area (Å²) < 4.78 is 35.9. The molecule has 0 aliphatic rings. The Morgan fingerprint density at radius 2 is 2.05 bits per heavy atom. The van der Waals surface area contributed by atoms with Gasteiger partial charge in [-0.2, -0.15) is 0 Å². The number of sulfone groups is 1. The van der Waals surface area contributed by atoms with Crippen LogP contribution in [0.2, 0.25) is 0 Å². The van der Waals surface area contributed by atoms with Crippen LogP contribution in [0.1, 0.15) is 45.3 Å². The van der Waals surface area contributed by atoms with Crippen LogP contribution in [-0.2, 0) is 9.84 Å². The van der Waals surface area contributed by atoms with E-state index in [1.807, 2.05) is 13.8 Å². The number of hydrogen-bond acceptors (Lipinski definition) is 4. The second-order valence-electron chi connectivity index (χ2n) is 5.15. The molecular formula is C14H23FN2O2S. The molecule has 0 saturated carbocycles. The van der Waals surface area contributed by atoms with Crippen molar-refractivity contribution < 1.29 is 12.8 Å². The van der Waals surface area contributed by atoms with Crippen molar-refractivity contribution in [1.29, 1.82) is 0 Å². The van der Waals surface area contributed by atoms with Crippen LogP contribution in [0.25, 0.3) is 0 Å². The average Bonchev–Trinajstić information content (AvgIpc) is 2.38. The molecule has 0 aromatic carbocycles. The van der Waals surface area contributed by atoms with Gasteiger partial charge in [-0.05, 0) is 25.0 Å². The van der Waals surface area contributed by atoms with E-state index in [1.165, 1.54) is 12.3 Å². The van der Waals surface area contributed by atoms with Gasteiger partial charge in [0.25, 0.3) is 0 Å². The zero-order valence-electron chi connectivity index (χ0n) is 12.3. The van der Waals surface area contributed by atoms with E-state index in [1.54, 1.807) is 13.0 Å². The van der Waals surface area contributed by atoms with Gasteiger partial charge < -0.3 is 5.32 Å². The summed E-state index contributed by atoms with van der Waals surface area (Å²) in [7, 11) is -2.94. The van der Waals surface area contributed by atoms with Crippen LogP contribution in [0.5, 0.6) is 0 Å². The van der Waals surface area contributed by atoms with Crippen LogP contribution < -0.4 is 5.32 Å².